The van der Waals surface area contributed by atoms with Gasteiger partial charge in [0.25, 0.3) is 0 Å². The summed E-state index contributed by atoms with van der Waals surface area (Å²) in [6, 6.07) is 11.7. The van der Waals surface area contributed by atoms with E-state index in [4.69, 9.17) is 4.74 Å². The molecule has 0 atom stereocenters. The molecule has 4 rings (SSSR count). The van der Waals surface area contributed by atoms with Gasteiger partial charge >= 0.3 is 0 Å². The molecule has 28 heavy (non-hydrogen) atoms. The summed E-state index contributed by atoms with van der Waals surface area (Å²) in [6.45, 7) is 6.85. The van der Waals surface area contributed by atoms with Crippen LogP contribution in [0, 0.1) is 38.0 Å². The topological polar surface area (TPSA) is 75.5 Å². The Morgan fingerprint density at radius 3 is 2.68 bits per heavy atom. The SMILES string of the molecule is [CH2-]/C(=N\Nc1nc(N2CCOCC2)c2ncc(Br)cc2n1)c1ccccc1.[U]. The van der Waals surface area contributed by atoms with E-state index in [0.717, 1.165) is 40.0 Å². The standard InChI is InChI=1S/C19H18BrN6O.U/c1-13(14-5-3-2-4-6-14)24-25-19-22-16-11-15(20)12-21-17(16)18(23-19)26-7-9-27-10-8-26;/h2-6,11-12H,1,7-10H2,(H,22,23,25);/q-1;/b24-13+;. The summed E-state index contributed by atoms with van der Waals surface area (Å²) < 4.78 is 6.31. The minimum absolute atomic E-state index is 0. The van der Waals surface area contributed by atoms with Gasteiger partial charge in [0, 0.05) is 54.9 Å². The second kappa shape index (κ2) is 9.70. The molecule has 0 unspecified atom stereocenters. The van der Waals surface area contributed by atoms with Crippen LogP contribution in [0.5, 0.6) is 0 Å². The molecule has 3 aromatic rings. The number of morpholine rings is 1. The molecule has 1 aliphatic rings. The normalized spacial score (nSPS) is 14.6. The molecule has 0 amide bonds. The fraction of sp³-hybridized carbons (Fsp3) is 0.211. The van der Waals surface area contributed by atoms with Crippen LogP contribution < -0.4 is 10.3 Å². The molecular weight excluding hydrogens is 646 g/mol. The van der Waals surface area contributed by atoms with Gasteiger partial charge in [0.1, 0.15) is 5.52 Å². The number of hydrogen-bond acceptors (Lipinski definition) is 7. The van der Waals surface area contributed by atoms with E-state index < -0.39 is 0 Å². The molecule has 0 aliphatic carbocycles. The number of pyridine rings is 1. The molecular formula is C19H18BrN6OU-. The number of fused-ring (bicyclic) bond motifs is 1. The van der Waals surface area contributed by atoms with Crippen molar-refractivity contribution >= 4 is 44.4 Å². The molecule has 2 aromatic heterocycles. The summed E-state index contributed by atoms with van der Waals surface area (Å²) >= 11 is 3.46. The van der Waals surface area contributed by atoms with Crippen LogP contribution in [0.1, 0.15) is 5.56 Å². The first-order valence-electron chi connectivity index (χ1n) is 8.58. The number of nitrogens with one attached hydrogen (secondary N) is 1. The van der Waals surface area contributed by atoms with Gasteiger partial charge in [0.2, 0.25) is 5.95 Å². The molecule has 3 heterocycles. The molecule has 0 spiro atoms. The van der Waals surface area contributed by atoms with E-state index in [0.29, 0.717) is 24.9 Å². The third kappa shape index (κ3) is 4.84. The first-order valence-corrected chi connectivity index (χ1v) is 9.37. The molecule has 7 nitrogen and oxygen atoms in total. The van der Waals surface area contributed by atoms with E-state index >= 15 is 0 Å². The third-order valence-corrected chi connectivity index (χ3v) is 4.63. The molecule has 1 saturated heterocycles. The number of rotatable bonds is 4. The average Bonchev–Trinajstić information content (AvgIpc) is 2.72. The van der Waals surface area contributed by atoms with E-state index in [1.165, 1.54) is 0 Å². The van der Waals surface area contributed by atoms with Crippen LogP contribution in [0.25, 0.3) is 11.0 Å². The minimum atomic E-state index is 0. The van der Waals surface area contributed by atoms with Crippen molar-refractivity contribution in [3.05, 3.63) is 59.6 Å². The number of hydrazone groups is 1. The van der Waals surface area contributed by atoms with Crippen LogP contribution in [-0.4, -0.2) is 47.0 Å². The maximum absolute atomic E-state index is 5.45. The minimum Gasteiger partial charge on any atom is -0.378 e. The number of nitrogens with zero attached hydrogens (tertiary/aromatic N) is 5. The van der Waals surface area contributed by atoms with Gasteiger partial charge in [-0.25, -0.2) is 27.4 Å². The molecule has 1 aromatic carbocycles. The quantitative estimate of drug-likeness (QED) is 0.263. The molecule has 1 N–H and O–H groups in total. The first-order chi connectivity index (χ1) is 13.2. The largest absolute Gasteiger partial charge is 0.378 e. The zero-order valence-corrected chi connectivity index (χ0v) is 20.8. The van der Waals surface area contributed by atoms with Crippen LogP contribution in [-0.2, 0) is 4.74 Å². The first kappa shape index (κ1) is 21.1. The van der Waals surface area contributed by atoms with Gasteiger partial charge in [-0.05, 0) is 22.0 Å². The summed E-state index contributed by atoms with van der Waals surface area (Å²) in [6.07, 6.45) is 1.75. The van der Waals surface area contributed by atoms with E-state index in [2.05, 4.69) is 53.2 Å². The van der Waals surface area contributed by atoms with Crippen molar-refractivity contribution in [2.24, 2.45) is 5.10 Å². The van der Waals surface area contributed by atoms with Crippen LogP contribution in [0.15, 0.2) is 52.2 Å². The van der Waals surface area contributed by atoms with Gasteiger partial charge < -0.3 is 9.64 Å². The third-order valence-electron chi connectivity index (χ3n) is 4.19. The summed E-state index contributed by atoms with van der Waals surface area (Å²) in [7, 11) is 0. The smallest absolute Gasteiger partial charge is 0.246 e. The van der Waals surface area contributed by atoms with Crippen LogP contribution >= 0.6 is 15.9 Å². The van der Waals surface area contributed by atoms with Crippen molar-refractivity contribution in [2.75, 3.05) is 36.6 Å². The van der Waals surface area contributed by atoms with Gasteiger partial charge in [0.15, 0.2) is 5.82 Å². The van der Waals surface area contributed by atoms with E-state index in [-0.39, 0.29) is 31.1 Å². The number of hydrogen-bond donors (Lipinski definition) is 1. The zero-order valence-electron chi connectivity index (χ0n) is 15.1. The summed E-state index contributed by atoms with van der Waals surface area (Å²) in [5.74, 6) is 1.18. The Morgan fingerprint density at radius 2 is 1.93 bits per heavy atom. The van der Waals surface area contributed by atoms with E-state index in [9.17, 15) is 0 Å². The van der Waals surface area contributed by atoms with Gasteiger partial charge in [-0.15, -0.1) is 17.7 Å². The van der Waals surface area contributed by atoms with Gasteiger partial charge in [-0.2, -0.15) is 4.98 Å². The molecule has 9 heteroatoms. The van der Waals surface area contributed by atoms with Gasteiger partial charge in [0.05, 0.1) is 18.7 Å². The molecule has 1 fully saturated rings. The Kier molecular flexibility index (Phi) is 7.30. The zero-order chi connectivity index (χ0) is 18.6. The van der Waals surface area contributed by atoms with Gasteiger partial charge in [-0.3, -0.25) is 0 Å². The number of ether oxygens (including phenoxy) is 1. The molecule has 0 saturated carbocycles. The maximum Gasteiger partial charge on any atom is 0.246 e. The fourth-order valence-corrected chi connectivity index (χ4v) is 3.16. The van der Waals surface area contributed by atoms with Crippen LogP contribution in [0.3, 0.4) is 0 Å². The Morgan fingerprint density at radius 1 is 1.18 bits per heavy atom. The number of aromatic nitrogens is 3. The van der Waals surface area contributed by atoms with E-state index in [1.54, 1.807) is 6.20 Å². The average molecular weight is 664 g/mol. The number of benzene rings is 1. The van der Waals surface area contributed by atoms with Crippen molar-refractivity contribution < 1.29 is 35.9 Å². The van der Waals surface area contributed by atoms with Crippen molar-refractivity contribution in [1.29, 1.82) is 0 Å². The Bertz CT molecular complexity index is 979. The predicted octanol–water partition coefficient (Wildman–Crippen LogP) is 3.27. The fourth-order valence-electron chi connectivity index (χ4n) is 2.84. The molecule has 0 radical (unpaired) electrons. The monoisotopic (exact) mass is 663 g/mol. The number of anilines is 2. The molecule has 142 valence electrons. The van der Waals surface area contributed by atoms with Gasteiger partial charge in [-0.1, -0.05) is 23.9 Å². The Balaban J connectivity index is 0.00000225. The Labute approximate surface area is 195 Å². The van der Waals surface area contributed by atoms with Crippen molar-refractivity contribution in [3.8, 4) is 0 Å². The van der Waals surface area contributed by atoms with Crippen LogP contribution in [0.2, 0.25) is 0 Å². The predicted molar refractivity (Wildman–Crippen MR) is 110 cm³/mol. The summed E-state index contributed by atoms with van der Waals surface area (Å²) in [4.78, 5) is 15.9. The number of halogens is 1. The van der Waals surface area contributed by atoms with Crippen molar-refractivity contribution in [1.82, 2.24) is 15.0 Å². The van der Waals surface area contributed by atoms with Crippen molar-refractivity contribution in [2.45, 2.75) is 0 Å². The maximum atomic E-state index is 5.45. The Hall–Kier alpha value is -1.66. The molecule has 1 aliphatic heterocycles. The molecule has 0 bridgehead atoms. The van der Waals surface area contributed by atoms with Crippen LogP contribution in [0.4, 0.5) is 11.8 Å². The summed E-state index contributed by atoms with van der Waals surface area (Å²) in [5.41, 5.74) is 5.98. The summed E-state index contributed by atoms with van der Waals surface area (Å²) in [5, 5.41) is 4.34. The second-order valence-corrected chi connectivity index (χ2v) is 6.94. The van der Waals surface area contributed by atoms with Crippen molar-refractivity contribution in [3.63, 3.8) is 0 Å². The second-order valence-electron chi connectivity index (χ2n) is 6.03. The van der Waals surface area contributed by atoms with E-state index in [1.807, 2.05) is 36.4 Å².